The van der Waals surface area contributed by atoms with Gasteiger partial charge in [-0.05, 0) is 55.3 Å². The highest BCUT2D eigenvalue weighted by atomic mass is 15.1. The minimum Gasteiger partial charge on any atom is -0.370 e. The average Bonchev–Trinajstić information content (AvgIpc) is 2.40. The minimum absolute atomic E-state index is 0.924. The van der Waals surface area contributed by atoms with E-state index in [0.717, 1.165) is 13.1 Å². The minimum atomic E-state index is 0.924. The average molecular weight is 268 g/mol. The summed E-state index contributed by atoms with van der Waals surface area (Å²) in [5.74, 6) is 0. The third kappa shape index (κ3) is 3.84. The molecule has 2 rings (SSSR count). The van der Waals surface area contributed by atoms with E-state index < -0.39 is 0 Å². The predicted octanol–water partition coefficient (Wildman–Crippen LogP) is 3.66. The van der Waals surface area contributed by atoms with Crippen molar-refractivity contribution in [3.8, 4) is 0 Å². The molecule has 0 heterocycles. The summed E-state index contributed by atoms with van der Waals surface area (Å²) in [6, 6.07) is 15.5. The maximum Gasteiger partial charge on any atom is 0.0426 e. The topological polar surface area (TPSA) is 15.3 Å². The Morgan fingerprint density at radius 2 is 1.45 bits per heavy atom. The van der Waals surface area contributed by atoms with Gasteiger partial charge in [-0.2, -0.15) is 0 Å². The van der Waals surface area contributed by atoms with Gasteiger partial charge in [0.1, 0.15) is 0 Å². The van der Waals surface area contributed by atoms with Crippen LogP contribution >= 0.6 is 0 Å². The molecule has 2 nitrogen and oxygen atoms in total. The fourth-order valence-electron chi connectivity index (χ4n) is 2.50. The van der Waals surface area contributed by atoms with Crippen molar-refractivity contribution in [2.24, 2.45) is 0 Å². The van der Waals surface area contributed by atoms with E-state index in [4.69, 9.17) is 0 Å². The molecule has 20 heavy (non-hydrogen) atoms. The number of rotatable bonds is 5. The van der Waals surface area contributed by atoms with Crippen LogP contribution in [-0.2, 0) is 13.1 Å². The van der Waals surface area contributed by atoms with Crippen molar-refractivity contribution in [3.05, 3.63) is 64.7 Å². The van der Waals surface area contributed by atoms with E-state index in [1.165, 1.54) is 27.9 Å². The zero-order valence-corrected chi connectivity index (χ0v) is 12.9. The van der Waals surface area contributed by atoms with Crippen LogP contribution in [0.2, 0.25) is 0 Å². The number of hydrogen-bond donors (Lipinski definition) is 1. The summed E-state index contributed by atoms with van der Waals surface area (Å²) < 4.78 is 0. The normalized spacial score (nSPS) is 10.6. The molecule has 0 aliphatic rings. The second kappa shape index (κ2) is 6.58. The first-order chi connectivity index (χ1) is 9.58. The monoisotopic (exact) mass is 268 g/mol. The fourth-order valence-corrected chi connectivity index (χ4v) is 2.50. The van der Waals surface area contributed by atoms with Crippen LogP contribution in [0.5, 0.6) is 0 Å². The van der Waals surface area contributed by atoms with Gasteiger partial charge in [0, 0.05) is 25.8 Å². The number of benzene rings is 2. The third-order valence-electron chi connectivity index (χ3n) is 3.47. The van der Waals surface area contributed by atoms with E-state index in [-0.39, 0.29) is 0 Å². The molecule has 0 saturated carbocycles. The number of anilines is 1. The quantitative estimate of drug-likeness (QED) is 0.890. The molecular weight excluding hydrogens is 244 g/mol. The lowest BCUT2D eigenvalue weighted by Crippen LogP contribution is -2.16. The summed E-state index contributed by atoms with van der Waals surface area (Å²) in [7, 11) is 4.12. The molecule has 0 unspecified atom stereocenters. The van der Waals surface area contributed by atoms with Crippen molar-refractivity contribution < 1.29 is 0 Å². The van der Waals surface area contributed by atoms with Crippen LogP contribution in [0.3, 0.4) is 0 Å². The van der Waals surface area contributed by atoms with E-state index in [1.54, 1.807) is 0 Å². The Hall–Kier alpha value is -1.80. The largest absolute Gasteiger partial charge is 0.370 e. The zero-order valence-electron chi connectivity index (χ0n) is 12.9. The molecule has 0 bridgehead atoms. The Morgan fingerprint density at radius 1 is 0.900 bits per heavy atom. The van der Waals surface area contributed by atoms with E-state index in [2.05, 4.69) is 73.6 Å². The van der Waals surface area contributed by atoms with E-state index in [9.17, 15) is 0 Å². The molecule has 0 fully saturated rings. The molecule has 0 spiro atoms. The van der Waals surface area contributed by atoms with Crippen LogP contribution in [0.15, 0.2) is 42.5 Å². The highest BCUT2D eigenvalue weighted by molar-refractivity contribution is 5.50. The van der Waals surface area contributed by atoms with Crippen molar-refractivity contribution in [1.82, 2.24) is 5.32 Å². The van der Waals surface area contributed by atoms with Gasteiger partial charge >= 0.3 is 0 Å². The Kier molecular flexibility index (Phi) is 4.80. The van der Waals surface area contributed by atoms with Gasteiger partial charge in [-0.3, -0.25) is 0 Å². The molecule has 0 amide bonds. The molecule has 0 saturated heterocycles. The molecule has 1 N–H and O–H groups in total. The molecule has 0 aliphatic heterocycles. The van der Waals surface area contributed by atoms with E-state index in [0.29, 0.717) is 0 Å². The summed E-state index contributed by atoms with van der Waals surface area (Å²) in [6.45, 7) is 6.16. The van der Waals surface area contributed by atoms with Gasteiger partial charge in [0.2, 0.25) is 0 Å². The van der Waals surface area contributed by atoms with Gasteiger partial charge in [0.15, 0.2) is 0 Å². The van der Waals surface area contributed by atoms with Crippen molar-refractivity contribution in [2.45, 2.75) is 26.9 Å². The van der Waals surface area contributed by atoms with Crippen molar-refractivity contribution in [2.75, 3.05) is 19.0 Å². The molecule has 2 aromatic carbocycles. The molecule has 0 radical (unpaired) electrons. The van der Waals surface area contributed by atoms with Crippen molar-refractivity contribution >= 4 is 5.69 Å². The lowest BCUT2D eigenvalue weighted by atomic mass is 10.1. The first-order valence-corrected chi connectivity index (χ1v) is 7.10. The molecule has 2 aromatic rings. The van der Waals surface area contributed by atoms with Gasteiger partial charge in [0.05, 0.1) is 0 Å². The highest BCUT2D eigenvalue weighted by Gasteiger charge is 2.04. The number of aryl methyl sites for hydroxylation is 2. The Labute approximate surface area is 122 Å². The molecule has 0 aliphatic carbocycles. The molecule has 2 heteroatoms. The van der Waals surface area contributed by atoms with Gasteiger partial charge < -0.3 is 10.2 Å². The summed E-state index contributed by atoms with van der Waals surface area (Å²) in [5.41, 5.74) is 6.58. The lowest BCUT2D eigenvalue weighted by Gasteiger charge is -2.21. The molecule has 0 atom stereocenters. The van der Waals surface area contributed by atoms with Gasteiger partial charge in [-0.15, -0.1) is 0 Å². The van der Waals surface area contributed by atoms with Gasteiger partial charge in [-0.25, -0.2) is 0 Å². The van der Waals surface area contributed by atoms with Crippen LogP contribution in [0, 0.1) is 13.8 Å². The predicted molar refractivity (Wildman–Crippen MR) is 87.2 cm³/mol. The first kappa shape index (κ1) is 14.6. The summed E-state index contributed by atoms with van der Waals surface area (Å²) in [6.07, 6.45) is 0. The smallest absolute Gasteiger partial charge is 0.0426 e. The summed E-state index contributed by atoms with van der Waals surface area (Å²) >= 11 is 0. The number of nitrogens with zero attached hydrogens (tertiary/aromatic N) is 1. The second-order valence-corrected chi connectivity index (χ2v) is 5.55. The van der Waals surface area contributed by atoms with E-state index in [1.807, 2.05) is 7.05 Å². The molecule has 106 valence electrons. The Morgan fingerprint density at radius 3 is 2.00 bits per heavy atom. The summed E-state index contributed by atoms with van der Waals surface area (Å²) in [5, 5.41) is 3.17. The maximum atomic E-state index is 3.17. The van der Waals surface area contributed by atoms with Crippen LogP contribution in [0.1, 0.15) is 22.3 Å². The number of nitrogens with one attached hydrogen (secondary N) is 1. The van der Waals surface area contributed by atoms with Gasteiger partial charge in [0.25, 0.3) is 0 Å². The van der Waals surface area contributed by atoms with Crippen LogP contribution in [0.25, 0.3) is 0 Å². The van der Waals surface area contributed by atoms with E-state index >= 15 is 0 Å². The Balaban J connectivity index is 2.08. The van der Waals surface area contributed by atoms with Crippen molar-refractivity contribution in [3.63, 3.8) is 0 Å². The zero-order chi connectivity index (χ0) is 14.5. The first-order valence-electron chi connectivity index (χ1n) is 7.10. The molecular formula is C18H24N2. The Bertz CT molecular complexity index is 538. The maximum absolute atomic E-state index is 3.17. The SMILES string of the molecule is CNCc1ccc(CN(C)c2cc(C)cc(C)c2)cc1. The van der Waals surface area contributed by atoms with Crippen LogP contribution < -0.4 is 10.2 Å². The fraction of sp³-hybridized carbons (Fsp3) is 0.333. The van der Waals surface area contributed by atoms with Crippen molar-refractivity contribution in [1.29, 1.82) is 0 Å². The third-order valence-corrected chi connectivity index (χ3v) is 3.47. The van der Waals surface area contributed by atoms with Crippen LogP contribution in [0.4, 0.5) is 5.69 Å². The number of hydrogen-bond acceptors (Lipinski definition) is 2. The summed E-state index contributed by atoms with van der Waals surface area (Å²) in [4.78, 5) is 2.30. The standard InChI is InChI=1S/C18H24N2/c1-14-9-15(2)11-18(10-14)20(4)13-17-7-5-16(6-8-17)12-19-3/h5-11,19H,12-13H2,1-4H3. The lowest BCUT2D eigenvalue weighted by molar-refractivity contribution is 0.816. The highest BCUT2D eigenvalue weighted by Crippen LogP contribution is 2.19. The second-order valence-electron chi connectivity index (χ2n) is 5.55. The van der Waals surface area contributed by atoms with Gasteiger partial charge in [-0.1, -0.05) is 30.3 Å². The van der Waals surface area contributed by atoms with Crippen LogP contribution in [-0.4, -0.2) is 14.1 Å². The molecule has 0 aromatic heterocycles.